The van der Waals surface area contributed by atoms with Gasteiger partial charge in [0.25, 0.3) is 0 Å². The molecule has 0 amide bonds. The van der Waals surface area contributed by atoms with Gasteiger partial charge in [-0.3, -0.25) is 5.43 Å². The van der Waals surface area contributed by atoms with E-state index >= 15 is 0 Å². The van der Waals surface area contributed by atoms with Gasteiger partial charge < -0.3 is 15.1 Å². The van der Waals surface area contributed by atoms with Crippen LogP contribution in [0.1, 0.15) is 58.8 Å². The standard InChI is InChI=1S/C25H43N7/c1-5-23(32-16-12-25(13-17-32)18-26-19-25)27-24(21-10-14-30(3)15-11-21)29-31(4)28-22-8-6-20(2)7-9-22/h6,8,21,26,28H,5,7,9-19H2,1-4H3/b27-23?,29-24-. The van der Waals surface area contributed by atoms with E-state index < -0.39 is 0 Å². The van der Waals surface area contributed by atoms with Crippen LogP contribution in [0.3, 0.4) is 0 Å². The molecule has 178 valence electrons. The number of hydrazine groups is 1. The number of likely N-dealkylation sites (tertiary alicyclic amines) is 2. The van der Waals surface area contributed by atoms with E-state index in [1.807, 2.05) is 12.2 Å². The minimum absolute atomic E-state index is 0.423. The summed E-state index contributed by atoms with van der Waals surface area (Å²) in [6.45, 7) is 11.3. The van der Waals surface area contributed by atoms with E-state index in [4.69, 9.17) is 10.1 Å². The number of hydrazone groups is 1. The Morgan fingerprint density at radius 2 is 1.88 bits per heavy atom. The number of hydrogen-bond acceptors (Lipinski definition) is 5. The molecule has 0 aromatic heterocycles. The number of hydrogen-bond donors (Lipinski definition) is 2. The van der Waals surface area contributed by atoms with Crippen LogP contribution >= 0.6 is 0 Å². The monoisotopic (exact) mass is 441 g/mol. The Labute approximate surface area is 194 Å². The van der Waals surface area contributed by atoms with Crippen molar-refractivity contribution in [3.8, 4) is 0 Å². The summed E-state index contributed by atoms with van der Waals surface area (Å²) in [5.74, 6) is 2.64. The summed E-state index contributed by atoms with van der Waals surface area (Å²) < 4.78 is 0. The number of rotatable bonds is 5. The molecule has 3 aliphatic heterocycles. The van der Waals surface area contributed by atoms with E-state index in [2.05, 4.69) is 53.6 Å². The fraction of sp³-hybridized carbons (Fsp3) is 0.760. The number of nitrogens with zero attached hydrogens (tertiary/aromatic N) is 5. The average molecular weight is 442 g/mol. The smallest absolute Gasteiger partial charge is 0.155 e. The third-order valence-electron chi connectivity index (χ3n) is 7.75. The highest BCUT2D eigenvalue weighted by atomic mass is 15.7. The first kappa shape index (κ1) is 23.3. The predicted octanol–water partition coefficient (Wildman–Crippen LogP) is 3.20. The third-order valence-corrected chi connectivity index (χ3v) is 7.75. The van der Waals surface area contributed by atoms with Crippen LogP contribution < -0.4 is 10.7 Å². The Morgan fingerprint density at radius 1 is 1.16 bits per heavy atom. The van der Waals surface area contributed by atoms with Crippen molar-refractivity contribution in [1.82, 2.24) is 25.7 Å². The lowest BCUT2D eigenvalue weighted by Gasteiger charge is -2.49. The van der Waals surface area contributed by atoms with E-state index in [-0.39, 0.29) is 0 Å². The molecule has 1 aliphatic carbocycles. The molecule has 3 heterocycles. The molecule has 2 N–H and O–H groups in total. The van der Waals surface area contributed by atoms with Crippen LogP contribution in [-0.2, 0) is 0 Å². The Kier molecular flexibility index (Phi) is 7.56. The molecular weight excluding hydrogens is 398 g/mol. The molecule has 0 aromatic rings. The molecule has 0 radical (unpaired) electrons. The lowest BCUT2D eigenvalue weighted by molar-refractivity contribution is 0.0822. The van der Waals surface area contributed by atoms with Gasteiger partial charge >= 0.3 is 0 Å². The molecule has 7 nitrogen and oxygen atoms in total. The lowest BCUT2D eigenvalue weighted by Crippen LogP contribution is -2.58. The van der Waals surface area contributed by atoms with Gasteiger partial charge in [0.05, 0.1) is 0 Å². The van der Waals surface area contributed by atoms with Crippen LogP contribution in [0.15, 0.2) is 33.5 Å². The van der Waals surface area contributed by atoms with Crippen LogP contribution in [0.5, 0.6) is 0 Å². The van der Waals surface area contributed by atoms with E-state index in [1.165, 1.54) is 43.0 Å². The second-order valence-electron chi connectivity index (χ2n) is 10.3. The predicted molar refractivity (Wildman–Crippen MR) is 133 cm³/mol. The van der Waals surface area contributed by atoms with Gasteiger partial charge in [-0.05, 0) is 77.1 Å². The number of nitrogens with one attached hydrogen (secondary N) is 2. The van der Waals surface area contributed by atoms with Crippen LogP contribution in [-0.4, -0.2) is 80.0 Å². The topological polar surface area (TPSA) is 58.5 Å². The molecule has 0 saturated carbocycles. The highest BCUT2D eigenvalue weighted by Gasteiger charge is 2.40. The summed E-state index contributed by atoms with van der Waals surface area (Å²) in [7, 11) is 4.22. The van der Waals surface area contributed by atoms with Gasteiger partial charge in [-0.1, -0.05) is 18.6 Å². The van der Waals surface area contributed by atoms with Crippen molar-refractivity contribution < 1.29 is 0 Å². The van der Waals surface area contributed by atoms with E-state index in [9.17, 15) is 0 Å². The minimum Gasteiger partial charge on any atom is -0.360 e. The van der Waals surface area contributed by atoms with Gasteiger partial charge in [0.2, 0.25) is 0 Å². The molecule has 0 atom stereocenters. The number of amidine groups is 2. The zero-order chi connectivity index (χ0) is 22.6. The minimum atomic E-state index is 0.423. The molecule has 0 aromatic carbocycles. The molecule has 7 heteroatoms. The van der Waals surface area contributed by atoms with Crippen molar-refractivity contribution >= 4 is 11.7 Å². The maximum Gasteiger partial charge on any atom is 0.155 e. The summed E-state index contributed by atoms with van der Waals surface area (Å²) >= 11 is 0. The lowest BCUT2D eigenvalue weighted by atomic mass is 9.73. The zero-order valence-electron chi connectivity index (χ0n) is 20.7. The van der Waals surface area contributed by atoms with E-state index in [1.54, 1.807) is 0 Å². The SMILES string of the molecule is CCC(=N/C(=N\N(C)NC1=CC=C(C)CC1)C1CCN(C)CC1)N1CCC2(CC1)CNC2. The summed E-state index contributed by atoms with van der Waals surface area (Å²) in [4.78, 5) is 10.2. The summed E-state index contributed by atoms with van der Waals surface area (Å²) in [6, 6.07) is 0. The van der Waals surface area contributed by atoms with Crippen molar-refractivity contribution in [2.24, 2.45) is 21.4 Å². The van der Waals surface area contributed by atoms with Crippen molar-refractivity contribution in [1.29, 1.82) is 0 Å². The molecule has 4 rings (SSSR count). The summed E-state index contributed by atoms with van der Waals surface area (Å²) in [6.07, 6.45) is 12.3. The highest BCUT2D eigenvalue weighted by molar-refractivity contribution is 5.98. The Balaban J connectivity index is 1.49. The fourth-order valence-electron chi connectivity index (χ4n) is 5.26. The second kappa shape index (κ2) is 10.4. The van der Waals surface area contributed by atoms with Crippen molar-refractivity contribution in [2.75, 3.05) is 53.4 Å². The molecule has 0 bridgehead atoms. The van der Waals surface area contributed by atoms with Gasteiger partial charge in [-0.25, -0.2) is 10.1 Å². The molecular formula is C25H43N7. The number of piperidine rings is 2. The Hall–Kier alpha value is -1.86. The van der Waals surface area contributed by atoms with Crippen molar-refractivity contribution in [3.05, 3.63) is 23.4 Å². The van der Waals surface area contributed by atoms with Crippen LogP contribution in [0.4, 0.5) is 0 Å². The van der Waals surface area contributed by atoms with Crippen LogP contribution in [0.25, 0.3) is 0 Å². The molecule has 3 saturated heterocycles. The second-order valence-corrected chi connectivity index (χ2v) is 10.3. The fourth-order valence-corrected chi connectivity index (χ4v) is 5.26. The Bertz CT molecular complexity index is 759. The van der Waals surface area contributed by atoms with E-state index in [0.29, 0.717) is 11.3 Å². The average Bonchev–Trinajstić information content (AvgIpc) is 2.78. The van der Waals surface area contributed by atoms with Gasteiger partial charge in [0.15, 0.2) is 5.84 Å². The van der Waals surface area contributed by atoms with Gasteiger partial charge in [-0.2, -0.15) is 0 Å². The van der Waals surface area contributed by atoms with Crippen molar-refractivity contribution in [2.45, 2.75) is 58.8 Å². The van der Waals surface area contributed by atoms with Gasteiger partial charge in [0.1, 0.15) is 5.84 Å². The molecule has 32 heavy (non-hydrogen) atoms. The first-order valence-corrected chi connectivity index (χ1v) is 12.6. The molecule has 1 spiro atoms. The summed E-state index contributed by atoms with van der Waals surface area (Å²) in [5, 5.41) is 10.4. The molecule has 0 unspecified atom stereocenters. The number of aliphatic imine (C=N–C) groups is 1. The van der Waals surface area contributed by atoms with Gasteiger partial charge in [0, 0.05) is 51.3 Å². The summed E-state index contributed by atoms with van der Waals surface area (Å²) in [5.41, 5.74) is 6.70. The number of allylic oxidation sites excluding steroid dienone is 4. The largest absolute Gasteiger partial charge is 0.360 e. The maximum absolute atomic E-state index is 5.25. The normalized spacial score (nSPS) is 25.3. The third kappa shape index (κ3) is 5.73. The zero-order valence-corrected chi connectivity index (χ0v) is 20.7. The van der Waals surface area contributed by atoms with Crippen molar-refractivity contribution in [3.63, 3.8) is 0 Å². The van der Waals surface area contributed by atoms with Crippen LogP contribution in [0.2, 0.25) is 0 Å². The Morgan fingerprint density at radius 3 is 2.44 bits per heavy atom. The first-order chi connectivity index (χ1) is 15.5. The van der Waals surface area contributed by atoms with E-state index in [0.717, 1.165) is 64.1 Å². The first-order valence-electron chi connectivity index (χ1n) is 12.6. The highest BCUT2D eigenvalue weighted by Crippen LogP contribution is 2.35. The quantitative estimate of drug-likeness (QED) is 0.390. The van der Waals surface area contributed by atoms with Crippen LogP contribution in [0, 0.1) is 11.3 Å². The molecule has 4 aliphatic rings. The maximum atomic E-state index is 5.25. The van der Waals surface area contributed by atoms with Gasteiger partial charge in [-0.15, -0.1) is 5.10 Å². The molecule has 3 fully saturated rings.